The maximum atomic E-state index is 3.96. The van der Waals surface area contributed by atoms with Crippen LogP contribution in [-0.2, 0) is 6.42 Å². The highest BCUT2D eigenvalue weighted by Gasteiger charge is 2.24. The first-order chi connectivity index (χ1) is 6.27. The number of benzene rings is 1. The van der Waals surface area contributed by atoms with E-state index in [1.807, 2.05) is 6.07 Å². The third-order valence-electron chi connectivity index (χ3n) is 2.44. The van der Waals surface area contributed by atoms with Crippen LogP contribution in [-0.4, -0.2) is 6.04 Å². The maximum Gasteiger partial charge on any atom is 0.0568 e. The molecular formula is C12H13N. The summed E-state index contributed by atoms with van der Waals surface area (Å²) in [4.78, 5) is 0. The molecule has 0 aromatic heterocycles. The van der Waals surface area contributed by atoms with Gasteiger partial charge in [-0.15, -0.1) is 0 Å². The molecule has 1 unspecified atom stereocenters. The Balaban J connectivity index is 2.01. The van der Waals surface area contributed by atoms with Crippen molar-refractivity contribution in [1.29, 1.82) is 0 Å². The van der Waals surface area contributed by atoms with Crippen molar-refractivity contribution in [2.24, 2.45) is 0 Å². The van der Waals surface area contributed by atoms with Crippen molar-refractivity contribution in [1.82, 2.24) is 5.32 Å². The summed E-state index contributed by atoms with van der Waals surface area (Å²) >= 11 is 0. The van der Waals surface area contributed by atoms with Gasteiger partial charge >= 0.3 is 0 Å². The molecule has 1 heteroatoms. The Morgan fingerprint density at radius 3 is 2.38 bits per heavy atom. The van der Waals surface area contributed by atoms with Gasteiger partial charge in [0.25, 0.3) is 0 Å². The summed E-state index contributed by atoms with van der Waals surface area (Å²) in [6, 6.07) is 10.8. The van der Waals surface area contributed by atoms with E-state index >= 15 is 0 Å². The third-order valence-corrected chi connectivity index (χ3v) is 2.44. The Labute approximate surface area is 78.8 Å². The Bertz CT molecular complexity index is 337. The van der Waals surface area contributed by atoms with Crippen LogP contribution in [0.3, 0.4) is 0 Å². The lowest BCUT2D eigenvalue weighted by molar-refractivity contribution is 0.561. The zero-order valence-electron chi connectivity index (χ0n) is 7.59. The molecule has 0 radical (unpaired) electrons. The van der Waals surface area contributed by atoms with Gasteiger partial charge in [0.2, 0.25) is 0 Å². The van der Waals surface area contributed by atoms with E-state index in [2.05, 4.69) is 42.7 Å². The van der Waals surface area contributed by atoms with Crippen LogP contribution in [0.25, 0.3) is 0 Å². The minimum absolute atomic E-state index is 0.398. The minimum Gasteiger partial charge on any atom is -0.378 e. The zero-order chi connectivity index (χ0) is 9.26. The van der Waals surface area contributed by atoms with Crippen LogP contribution in [0.5, 0.6) is 0 Å². The lowest BCUT2D eigenvalue weighted by Gasteiger charge is -2.34. The van der Waals surface area contributed by atoms with E-state index in [0.717, 1.165) is 17.7 Å². The molecule has 1 aromatic carbocycles. The standard InChI is InChI=1S/C12H13N/c1-9-10(2)13-12(9)8-11-6-4-3-5-7-11/h3-7,12-13H,1-2,8H2. The minimum atomic E-state index is 0.398. The molecule has 0 spiro atoms. The summed E-state index contributed by atoms with van der Waals surface area (Å²) in [7, 11) is 0. The van der Waals surface area contributed by atoms with Crippen molar-refractivity contribution < 1.29 is 0 Å². The van der Waals surface area contributed by atoms with E-state index in [4.69, 9.17) is 0 Å². The summed E-state index contributed by atoms with van der Waals surface area (Å²) in [5.74, 6) is 0. The molecule has 1 N–H and O–H groups in total. The molecule has 1 fully saturated rings. The number of hydrogen-bond donors (Lipinski definition) is 1. The second-order valence-corrected chi connectivity index (χ2v) is 3.39. The Morgan fingerprint density at radius 2 is 1.85 bits per heavy atom. The summed E-state index contributed by atoms with van der Waals surface area (Å²) < 4.78 is 0. The number of nitrogens with one attached hydrogen (secondary N) is 1. The SMILES string of the molecule is C=C1NC(Cc2ccccc2)C1=C. The molecule has 66 valence electrons. The van der Waals surface area contributed by atoms with Gasteiger partial charge in [-0.3, -0.25) is 0 Å². The molecule has 13 heavy (non-hydrogen) atoms. The van der Waals surface area contributed by atoms with Crippen LogP contribution < -0.4 is 5.32 Å². The average Bonchev–Trinajstić information content (AvgIpc) is 2.19. The molecule has 2 rings (SSSR count). The van der Waals surface area contributed by atoms with Crippen molar-refractivity contribution in [3.05, 3.63) is 60.3 Å². The molecule has 0 amide bonds. The lowest BCUT2D eigenvalue weighted by Crippen LogP contribution is -2.44. The second kappa shape index (κ2) is 3.09. The van der Waals surface area contributed by atoms with Gasteiger partial charge in [0.15, 0.2) is 0 Å². The van der Waals surface area contributed by atoms with Crippen molar-refractivity contribution in [2.75, 3.05) is 0 Å². The third kappa shape index (κ3) is 1.50. The highest BCUT2D eigenvalue weighted by molar-refractivity contribution is 5.41. The van der Waals surface area contributed by atoms with Crippen molar-refractivity contribution >= 4 is 0 Å². The van der Waals surface area contributed by atoms with E-state index < -0.39 is 0 Å². The van der Waals surface area contributed by atoms with Crippen molar-refractivity contribution in [2.45, 2.75) is 12.5 Å². The first kappa shape index (κ1) is 8.11. The number of rotatable bonds is 2. The Hall–Kier alpha value is -1.50. The van der Waals surface area contributed by atoms with Gasteiger partial charge in [0.1, 0.15) is 0 Å². The highest BCUT2D eigenvalue weighted by atomic mass is 15.0. The molecular weight excluding hydrogens is 158 g/mol. The lowest BCUT2D eigenvalue weighted by atomic mass is 9.91. The normalized spacial score (nSPS) is 20.8. The monoisotopic (exact) mass is 171 g/mol. The summed E-state index contributed by atoms with van der Waals surface area (Å²) in [6.45, 7) is 7.78. The van der Waals surface area contributed by atoms with E-state index in [9.17, 15) is 0 Å². The fraction of sp³-hybridized carbons (Fsp3) is 0.167. The maximum absolute atomic E-state index is 3.96. The molecule has 0 saturated carbocycles. The molecule has 1 saturated heterocycles. The van der Waals surface area contributed by atoms with E-state index in [1.165, 1.54) is 5.56 Å². The molecule has 1 aliphatic heterocycles. The topological polar surface area (TPSA) is 12.0 Å². The molecule has 0 aliphatic carbocycles. The first-order valence-electron chi connectivity index (χ1n) is 4.46. The van der Waals surface area contributed by atoms with Crippen molar-refractivity contribution in [3.63, 3.8) is 0 Å². The quantitative estimate of drug-likeness (QED) is 0.719. The van der Waals surface area contributed by atoms with Gasteiger partial charge in [0.05, 0.1) is 6.04 Å². The summed E-state index contributed by atoms with van der Waals surface area (Å²) in [6.07, 6.45) is 1.01. The highest BCUT2D eigenvalue weighted by Crippen LogP contribution is 2.22. The van der Waals surface area contributed by atoms with Crippen molar-refractivity contribution in [3.8, 4) is 0 Å². The molecule has 0 bridgehead atoms. The zero-order valence-corrected chi connectivity index (χ0v) is 7.59. The molecule has 1 atom stereocenters. The van der Waals surface area contributed by atoms with E-state index in [0.29, 0.717) is 6.04 Å². The van der Waals surface area contributed by atoms with Gasteiger partial charge in [-0.05, 0) is 17.6 Å². The predicted molar refractivity (Wildman–Crippen MR) is 55.3 cm³/mol. The van der Waals surface area contributed by atoms with E-state index in [1.54, 1.807) is 0 Å². The van der Waals surface area contributed by atoms with Crippen LogP contribution >= 0.6 is 0 Å². The Kier molecular flexibility index (Phi) is 1.93. The van der Waals surface area contributed by atoms with Crippen LogP contribution in [0.15, 0.2) is 54.8 Å². The second-order valence-electron chi connectivity index (χ2n) is 3.39. The van der Waals surface area contributed by atoms with Crippen LogP contribution in [0, 0.1) is 0 Å². The largest absolute Gasteiger partial charge is 0.378 e. The predicted octanol–water partition coefficient (Wildman–Crippen LogP) is 2.27. The average molecular weight is 171 g/mol. The fourth-order valence-electron chi connectivity index (χ4n) is 1.55. The van der Waals surface area contributed by atoms with Gasteiger partial charge < -0.3 is 5.32 Å². The molecule has 1 heterocycles. The molecule has 1 nitrogen and oxygen atoms in total. The van der Waals surface area contributed by atoms with Crippen LogP contribution in [0.1, 0.15) is 5.56 Å². The molecule has 1 aliphatic rings. The first-order valence-corrected chi connectivity index (χ1v) is 4.46. The van der Waals surface area contributed by atoms with E-state index in [-0.39, 0.29) is 0 Å². The Morgan fingerprint density at radius 1 is 1.15 bits per heavy atom. The van der Waals surface area contributed by atoms with Gasteiger partial charge in [-0.2, -0.15) is 0 Å². The summed E-state index contributed by atoms with van der Waals surface area (Å²) in [5, 5.41) is 3.25. The van der Waals surface area contributed by atoms with Crippen LogP contribution in [0.2, 0.25) is 0 Å². The molecule has 1 aromatic rings. The van der Waals surface area contributed by atoms with Crippen LogP contribution in [0.4, 0.5) is 0 Å². The summed E-state index contributed by atoms with van der Waals surface area (Å²) in [5.41, 5.74) is 3.47. The smallest absolute Gasteiger partial charge is 0.0568 e. The van der Waals surface area contributed by atoms with Gasteiger partial charge in [-0.25, -0.2) is 0 Å². The van der Waals surface area contributed by atoms with Gasteiger partial charge in [0, 0.05) is 5.70 Å². The fourth-order valence-corrected chi connectivity index (χ4v) is 1.55. The number of hydrogen-bond acceptors (Lipinski definition) is 1. The van der Waals surface area contributed by atoms with Gasteiger partial charge in [-0.1, -0.05) is 43.5 Å².